The molecule has 0 aliphatic heterocycles. The van der Waals surface area contributed by atoms with Crippen molar-refractivity contribution in [3.63, 3.8) is 0 Å². The Morgan fingerprint density at radius 3 is 2.42 bits per heavy atom. The van der Waals surface area contributed by atoms with Crippen LogP contribution in [0.15, 0.2) is 79.8 Å². The molecule has 36 heavy (non-hydrogen) atoms. The van der Waals surface area contributed by atoms with Crippen LogP contribution in [-0.2, 0) is 21.0 Å². The second kappa shape index (κ2) is 10.8. The van der Waals surface area contributed by atoms with E-state index in [-0.39, 0.29) is 23.2 Å². The fourth-order valence-electron chi connectivity index (χ4n) is 3.02. The maximum absolute atomic E-state index is 13.3. The van der Waals surface area contributed by atoms with E-state index in [0.717, 1.165) is 30.3 Å². The van der Waals surface area contributed by atoms with E-state index in [1.807, 2.05) is 0 Å². The van der Waals surface area contributed by atoms with Crippen molar-refractivity contribution in [1.82, 2.24) is 10.0 Å². The molecule has 8 nitrogen and oxygen atoms in total. The molecule has 190 valence electrons. The first-order valence-electron chi connectivity index (χ1n) is 10.2. The summed E-state index contributed by atoms with van der Waals surface area (Å²) in [6.07, 6.45) is -3.05. The average molecular weight is 524 g/mol. The maximum atomic E-state index is 13.3. The maximum Gasteiger partial charge on any atom is 0.416 e. The summed E-state index contributed by atoms with van der Waals surface area (Å²) in [5.41, 5.74) is 0.261. The Morgan fingerprint density at radius 1 is 1.11 bits per heavy atom. The molecule has 2 aromatic carbocycles. The van der Waals surface area contributed by atoms with Crippen molar-refractivity contribution in [3.8, 4) is 0 Å². The van der Waals surface area contributed by atoms with Gasteiger partial charge >= 0.3 is 6.18 Å². The lowest BCUT2D eigenvalue weighted by molar-refractivity contribution is -0.137. The van der Waals surface area contributed by atoms with Crippen molar-refractivity contribution >= 4 is 39.3 Å². The van der Waals surface area contributed by atoms with E-state index in [0.29, 0.717) is 11.3 Å². The molecular weight excluding hydrogens is 504 g/mol. The van der Waals surface area contributed by atoms with Crippen LogP contribution in [0.2, 0.25) is 0 Å². The summed E-state index contributed by atoms with van der Waals surface area (Å²) in [5, 5.41) is 2.21. The van der Waals surface area contributed by atoms with Gasteiger partial charge in [-0.2, -0.15) is 17.9 Å². The Kier molecular flexibility index (Phi) is 8.05. The molecule has 0 bridgehead atoms. The molecule has 2 N–H and O–H groups in total. The first-order valence-corrected chi connectivity index (χ1v) is 11.7. The minimum Gasteiger partial charge on any atom is -0.443 e. The second-order valence-corrected chi connectivity index (χ2v) is 9.02. The highest BCUT2D eigenvalue weighted by atomic mass is 32.2. The minimum absolute atomic E-state index is 0.159. The average Bonchev–Trinajstić information content (AvgIpc) is 3.27. The van der Waals surface area contributed by atoms with E-state index in [1.54, 1.807) is 0 Å². The Labute approximate surface area is 203 Å². The van der Waals surface area contributed by atoms with Crippen molar-refractivity contribution in [2.75, 3.05) is 20.1 Å². The molecule has 3 rings (SSSR count). The summed E-state index contributed by atoms with van der Waals surface area (Å²) in [6.45, 7) is 2.60. The van der Waals surface area contributed by atoms with Crippen molar-refractivity contribution < 1.29 is 35.2 Å². The van der Waals surface area contributed by atoms with Crippen LogP contribution in [0.4, 0.5) is 17.6 Å². The van der Waals surface area contributed by atoms with Crippen LogP contribution in [0, 0.1) is 5.82 Å². The topological polar surface area (TPSA) is 113 Å². The van der Waals surface area contributed by atoms with Crippen LogP contribution >= 0.6 is 0 Å². The number of fused-ring (bicyclic) bond motifs is 1. The predicted octanol–water partition coefficient (Wildman–Crippen LogP) is 3.69. The second-order valence-electron chi connectivity index (χ2n) is 7.33. The summed E-state index contributed by atoms with van der Waals surface area (Å²) in [5.74, 6) is -1.27. The van der Waals surface area contributed by atoms with Crippen molar-refractivity contribution in [2.45, 2.75) is 11.3 Å². The van der Waals surface area contributed by atoms with Crippen LogP contribution in [0.5, 0.6) is 0 Å². The van der Waals surface area contributed by atoms with Crippen LogP contribution in [-0.4, -0.2) is 46.9 Å². The lowest BCUT2D eigenvalue weighted by Crippen LogP contribution is -2.37. The van der Waals surface area contributed by atoms with Gasteiger partial charge < -0.3 is 9.73 Å². The van der Waals surface area contributed by atoms with Gasteiger partial charge in [-0.05, 0) is 48.7 Å². The minimum atomic E-state index is -4.47. The number of rotatable bonds is 9. The normalized spacial score (nSPS) is 13.1. The lowest BCUT2D eigenvalue weighted by atomic mass is 10.1. The van der Waals surface area contributed by atoms with Gasteiger partial charge in [-0.3, -0.25) is 14.8 Å². The van der Waals surface area contributed by atoms with Gasteiger partial charge in [0.1, 0.15) is 11.4 Å². The van der Waals surface area contributed by atoms with Gasteiger partial charge in [0.15, 0.2) is 0 Å². The Morgan fingerprint density at radius 2 is 1.81 bits per heavy atom. The number of aliphatic imine (C=N–C) groups is 2. The highest BCUT2D eigenvalue weighted by Gasteiger charge is 2.30. The van der Waals surface area contributed by atoms with E-state index < -0.39 is 45.1 Å². The van der Waals surface area contributed by atoms with Crippen LogP contribution < -0.4 is 10.0 Å². The number of benzene rings is 2. The molecule has 3 aromatic rings. The monoisotopic (exact) mass is 524 g/mol. The Balaban J connectivity index is 1.61. The van der Waals surface area contributed by atoms with Crippen LogP contribution in [0.1, 0.15) is 11.1 Å². The number of nitrogens with one attached hydrogen (secondary N) is 2. The Hall–Kier alpha value is -3.84. The fourth-order valence-corrected chi connectivity index (χ4v) is 3.97. The van der Waals surface area contributed by atoms with Crippen molar-refractivity contribution in [1.29, 1.82) is 0 Å². The number of carbonyl (C=O) groups excluding carboxylic acids is 1. The fraction of sp³-hybridized carbons (Fsp3) is 0.174. The third-order valence-corrected chi connectivity index (χ3v) is 6.12. The summed E-state index contributed by atoms with van der Waals surface area (Å²) in [4.78, 5) is 20.0. The smallest absolute Gasteiger partial charge is 0.416 e. The molecule has 0 spiro atoms. The highest BCUT2D eigenvalue weighted by Crippen LogP contribution is 2.29. The SMILES string of the molecule is C=N/C(=C\C(=NC)c1ccc(C(F)(F)F)cc1)CNC(=O)CNS(=O)(=O)c1cc2cc(F)ccc2o1. The summed E-state index contributed by atoms with van der Waals surface area (Å²) in [7, 11) is -2.76. The molecule has 1 heterocycles. The zero-order chi connectivity index (χ0) is 26.5. The molecule has 0 aliphatic rings. The predicted molar refractivity (Wildman–Crippen MR) is 126 cm³/mol. The molecule has 0 unspecified atom stereocenters. The number of nitrogens with zero attached hydrogens (tertiary/aromatic N) is 2. The number of halogens is 4. The van der Waals surface area contributed by atoms with Gasteiger partial charge in [-0.25, -0.2) is 12.8 Å². The number of amides is 1. The zero-order valence-corrected chi connectivity index (χ0v) is 19.6. The Bertz CT molecular complexity index is 1440. The molecule has 1 aromatic heterocycles. The summed E-state index contributed by atoms with van der Waals surface area (Å²) in [6, 6.07) is 8.99. The van der Waals surface area contributed by atoms with Crippen molar-refractivity contribution in [2.24, 2.45) is 9.98 Å². The zero-order valence-electron chi connectivity index (χ0n) is 18.8. The number of hydrogen-bond donors (Lipinski definition) is 2. The molecule has 0 atom stereocenters. The lowest BCUT2D eigenvalue weighted by Gasteiger charge is -2.09. The summed E-state index contributed by atoms with van der Waals surface area (Å²) >= 11 is 0. The largest absolute Gasteiger partial charge is 0.443 e. The highest BCUT2D eigenvalue weighted by molar-refractivity contribution is 7.89. The molecule has 0 aliphatic carbocycles. The molecule has 1 amide bonds. The quantitative estimate of drug-likeness (QED) is 0.328. The van der Waals surface area contributed by atoms with Crippen LogP contribution in [0.25, 0.3) is 11.0 Å². The molecule has 13 heteroatoms. The third-order valence-electron chi connectivity index (χ3n) is 4.87. The van der Waals surface area contributed by atoms with E-state index in [2.05, 4.69) is 26.7 Å². The number of furan rings is 1. The number of hydrogen-bond acceptors (Lipinski definition) is 6. The summed E-state index contributed by atoms with van der Waals surface area (Å²) < 4.78 is 83.7. The number of alkyl halides is 3. The van der Waals surface area contributed by atoms with Gasteiger partial charge in [-0.1, -0.05) is 12.1 Å². The standard InChI is InChI=1S/C23H20F4N4O4S/c1-28-18(11-19(29-2)14-3-5-16(6-4-14)23(25,26)27)12-30-21(32)13-31-36(33,34)22-10-15-9-17(24)7-8-20(15)35-22/h3-11,31H,1,12-13H2,2H3,(H,30,32)/b18-11-,29-19?. The van der Waals surface area contributed by atoms with Gasteiger partial charge in [-0.15, -0.1) is 0 Å². The van der Waals surface area contributed by atoms with E-state index >= 15 is 0 Å². The van der Waals surface area contributed by atoms with E-state index in [4.69, 9.17) is 4.42 Å². The van der Waals surface area contributed by atoms with Gasteiger partial charge in [0.2, 0.25) is 11.0 Å². The van der Waals surface area contributed by atoms with Crippen molar-refractivity contribution in [3.05, 3.63) is 77.2 Å². The molecule has 0 saturated carbocycles. The molecule has 0 radical (unpaired) electrons. The molecule has 0 fully saturated rings. The first-order chi connectivity index (χ1) is 16.9. The number of carbonyl (C=O) groups is 1. The van der Waals surface area contributed by atoms with E-state index in [1.165, 1.54) is 31.3 Å². The molecule has 0 saturated heterocycles. The van der Waals surface area contributed by atoms with Gasteiger partial charge in [0.25, 0.3) is 10.0 Å². The number of allylic oxidation sites excluding steroid dienone is 1. The van der Waals surface area contributed by atoms with Crippen LogP contribution in [0.3, 0.4) is 0 Å². The first kappa shape index (κ1) is 26.8. The molecular formula is C23H20F4N4O4S. The van der Waals surface area contributed by atoms with E-state index in [9.17, 15) is 30.8 Å². The van der Waals surface area contributed by atoms with Gasteiger partial charge in [0, 0.05) is 18.5 Å². The third kappa shape index (κ3) is 6.64. The van der Waals surface area contributed by atoms with Gasteiger partial charge in [0.05, 0.1) is 30.1 Å². The number of sulfonamides is 1.